The molecule has 4 N–H and O–H groups in total. The molecular weight excluding hydrogens is 910 g/mol. The van der Waals surface area contributed by atoms with Gasteiger partial charge in [-0.15, -0.1) is 0 Å². The summed E-state index contributed by atoms with van der Waals surface area (Å²) in [6.07, 6.45) is 5.66. The predicted octanol–water partition coefficient (Wildman–Crippen LogP) is 8.16. The maximum atomic E-state index is 14.2. The van der Waals surface area contributed by atoms with Gasteiger partial charge in [-0.05, 0) is 62.2 Å². The van der Waals surface area contributed by atoms with E-state index in [1.54, 1.807) is 18.3 Å². The van der Waals surface area contributed by atoms with Gasteiger partial charge in [-0.1, -0.05) is 0 Å². The summed E-state index contributed by atoms with van der Waals surface area (Å²) in [6.45, 7) is 0. The third kappa shape index (κ3) is 7.77. The third-order valence-electron chi connectivity index (χ3n) is 6.33. The number of benzene rings is 2. The number of halogens is 8. The molecule has 2 radical (unpaired) electrons. The molecule has 0 unspecified atom stereocenters. The summed E-state index contributed by atoms with van der Waals surface area (Å²) >= 11 is 5.61. The summed E-state index contributed by atoms with van der Waals surface area (Å²) < 4.78 is 57.0. The van der Waals surface area contributed by atoms with Gasteiger partial charge in [-0.2, -0.15) is 4.39 Å². The van der Waals surface area contributed by atoms with Gasteiger partial charge in [-0.3, -0.25) is 19.7 Å². The molecule has 0 bridgehead atoms. The molecular formula is C28H14Br2Cl2F4N6O4Sn. The van der Waals surface area contributed by atoms with Crippen molar-refractivity contribution in [1.29, 1.82) is 0 Å². The number of aromatic amines is 2. The van der Waals surface area contributed by atoms with Crippen LogP contribution in [0.4, 0.5) is 28.9 Å². The normalized spacial score (nSPS) is 10.6. The molecule has 19 heteroatoms. The van der Waals surface area contributed by atoms with Crippen molar-refractivity contribution >= 4 is 114 Å². The van der Waals surface area contributed by atoms with Crippen LogP contribution in [0.25, 0.3) is 22.1 Å². The van der Waals surface area contributed by atoms with E-state index in [1.165, 1.54) is 18.6 Å². The number of hydrogen-bond donors (Lipinski definition) is 3. The fourth-order valence-electron chi connectivity index (χ4n) is 4.27. The fourth-order valence-corrected chi connectivity index (χ4v) is 4.93. The Morgan fingerprint density at radius 2 is 1.23 bits per heavy atom. The SMILES string of the molecule is Nc1ccc(F)c(C(=O)c2c[nH]c3ncc(Br)cc23)c1F.O=C(c1c(F)ccc([N+](=O)[O-])c1F)c1c[nH]c2ncc(Br)cc12.[Cl][Sn][Cl]. The van der Waals surface area contributed by atoms with Gasteiger partial charge in [0.25, 0.3) is 0 Å². The minimum atomic E-state index is -1.50. The van der Waals surface area contributed by atoms with Gasteiger partial charge >= 0.3 is 42.4 Å². The van der Waals surface area contributed by atoms with E-state index in [4.69, 9.17) is 23.6 Å². The number of nitrogens with two attached hydrogens (primary N) is 1. The van der Waals surface area contributed by atoms with E-state index in [0.717, 1.165) is 12.1 Å². The van der Waals surface area contributed by atoms with Crippen LogP contribution in [0, 0.1) is 33.4 Å². The van der Waals surface area contributed by atoms with Crippen molar-refractivity contribution in [3.05, 3.63) is 126 Å². The zero-order valence-corrected chi connectivity index (χ0v) is 30.4. The van der Waals surface area contributed by atoms with Crippen LogP contribution in [-0.2, 0) is 0 Å². The number of hydrogen-bond acceptors (Lipinski definition) is 7. The fraction of sp³-hybridized carbons (Fsp3) is 0. The second-order valence-electron chi connectivity index (χ2n) is 9.07. The number of nitrogens with zero attached hydrogens (tertiary/aromatic N) is 3. The average Bonchev–Trinajstić information content (AvgIpc) is 3.63. The molecule has 2 aromatic carbocycles. The first-order chi connectivity index (χ1) is 22.3. The van der Waals surface area contributed by atoms with Gasteiger partial charge in [0, 0.05) is 61.7 Å². The summed E-state index contributed by atoms with van der Waals surface area (Å²) in [4.78, 5) is 48.2. The number of carbonyl (C=O) groups is 2. The number of H-pyrrole nitrogens is 2. The van der Waals surface area contributed by atoms with Crippen molar-refractivity contribution in [2.24, 2.45) is 0 Å². The predicted molar refractivity (Wildman–Crippen MR) is 176 cm³/mol. The molecule has 6 rings (SSSR count). The number of aromatic nitrogens is 4. The number of nitro groups is 1. The topological polar surface area (TPSA) is 161 Å². The van der Waals surface area contributed by atoms with Crippen LogP contribution in [0.5, 0.6) is 0 Å². The number of fused-ring (bicyclic) bond motifs is 2. The summed E-state index contributed by atoms with van der Waals surface area (Å²) in [6, 6.07) is 6.61. The van der Waals surface area contributed by atoms with E-state index in [0.29, 0.717) is 43.1 Å². The van der Waals surface area contributed by atoms with Gasteiger partial charge in [0.15, 0.2) is 5.82 Å². The summed E-state index contributed by atoms with van der Waals surface area (Å²) in [7, 11) is 9.87. The standard InChI is InChI=1S/C14H6BrF2N3O3.C14H8BrF2N3O.2ClH.Sn/c15-6-3-7-8(5-19-14(7)18-4-6)13(21)11-9(16)1-2-10(12(11)17)20(22)23;15-6-3-7-8(5-20-14(7)19-4-6)13(21)11-9(16)1-2-10(18)12(11)17;;;/h1-5H,(H,18,19);1-5H,18H2,(H,19,20);2*1H;/q;;;;+2/p-2. The Bertz CT molecular complexity index is 2190. The first-order valence-corrected chi connectivity index (χ1v) is 21.3. The number of rotatable bonds is 5. The summed E-state index contributed by atoms with van der Waals surface area (Å²) in [5, 5.41) is 11.6. The Hall–Kier alpha value is -3.58. The molecule has 0 aliphatic heterocycles. The molecule has 47 heavy (non-hydrogen) atoms. The molecule has 0 saturated heterocycles. The Balaban J connectivity index is 0.000000197. The molecule has 0 aliphatic carbocycles. The number of carbonyl (C=O) groups excluding carboxylic acids is 2. The van der Waals surface area contributed by atoms with Crippen LogP contribution in [0.2, 0.25) is 0 Å². The van der Waals surface area contributed by atoms with Crippen molar-refractivity contribution in [3.63, 3.8) is 0 Å². The minimum absolute atomic E-state index is 0.0351. The average molecular weight is 924 g/mol. The van der Waals surface area contributed by atoms with E-state index in [2.05, 4.69) is 51.8 Å². The molecule has 10 nitrogen and oxygen atoms in total. The Kier molecular flexibility index (Phi) is 12.0. The quantitative estimate of drug-likeness (QED) is 0.0393. The number of ketones is 2. The first-order valence-electron chi connectivity index (χ1n) is 12.5. The van der Waals surface area contributed by atoms with E-state index >= 15 is 0 Å². The molecule has 0 saturated carbocycles. The van der Waals surface area contributed by atoms with Crippen molar-refractivity contribution in [2.75, 3.05) is 5.73 Å². The van der Waals surface area contributed by atoms with Crippen LogP contribution < -0.4 is 5.73 Å². The van der Waals surface area contributed by atoms with E-state index in [9.17, 15) is 37.3 Å². The van der Waals surface area contributed by atoms with Crippen molar-refractivity contribution in [2.45, 2.75) is 0 Å². The Labute approximate surface area is 295 Å². The molecule has 0 spiro atoms. The first kappa shape index (κ1) is 36.3. The van der Waals surface area contributed by atoms with Gasteiger partial charge in [0.05, 0.1) is 16.2 Å². The molecule has 0 fully saturated rings. The van der Waals surface area contributed by atoms with E-state index < -0.39 is 75.5 Å². The number of anilines is 1. The van der Waals surface area contributed by atoms with Crippen LogP contribution in [-0.4, -0.2) is 55.3 Å². The van der Waals surface area contributed by atoms with Crippen molar-refractivity contribution in [3.8, 4) is 0 Å². The van der Waals surface area contributed by atoms with E-state index in [-0.39, 0.29) is 16.8 Å². The molecule has 0 amide bonds. The van der Waals surface area contributed by atoms with Gasteiger partial charge in [-0.25, -0.2) is 23.1 Å². The van der Waals surface area contributed by atoms with Crippen LogP contribution in [0.1, 0.15) is 31.8 Å². The second-order valence-corrected chi connectivity index (χ2v) is 15.1. The summed E-state index contributed by atoms with van der Waals surface area (Å²) in [5.41, 5.74) is 3.40. The molecule has 4 heterocycles. The van der Waals surface area contributed by atoms with E-state index in [1.807, 2.05) is 0 Å². The Morgan fingerprint density at radius 1 is 0.809 bits per heavy atom. The number of nitrogen functional groups attached to an aromatic ring is 1. The molecule has 0 aliphatic rings. The molecule has 0 atom stereocenters. The number of nitro benzene ring substituents is 1. The zero-order valence-electron chi connectivity index (χ0n) is 22.8. The van der Waals surface area contributed by atoms with Crippen LogP contribution in [0.15, 0.2) is 70.1 Å². The second kappa shape index (κ2) is 15.5. The summed E-state index contributed by atoms with van der Waals surface area (Å²) in [5.74, 6) is -6.48. The van der Waals surface area contributed by atoms with Gasteiger partial charge < -0.3 is 15.7 Å². The maximum absolute atomic E-state index is 14.2. The molecule has 240 valence electrons. The van der Waals surface area contributed by atoms with Gasteiger partial charge in [0.1, 0.15) is 28.5 Å². The van der Waals surface area contributed by atoms with Crippen molar-refractivity contribution < 1.29 is 32.1 Å². The number of nitrogens with one attached hydrogen (secondary N) is 2. The van der Waals surface area contributed by atoms with Crippen LogP contribution in [0.3, 0.4) is 0 Å². The Morgan fingerprint density at radius 3 is 1.68 bits per heavy atom. The number of pyridine rings is 2. The van der Waals surface area contributed by atoms with Crippen LogP contribution >= 0.6 is 49.7 Å². The molecule has 6 aromatic rings. The third-order valence-corrected chi connectivity index (χ3v) is 7.19. The van der Waals surface area contributed by atoms with Gasteiger partial charge in [0.2, 0.25) is 17.4 Å². The van der Waals surface area contributed by atoms with Crippen molar-refractivity contribution in [1.82, 2.24) is 19.9 Å². The monoisotopic (exact) mass is 922 g/mol. The zero-order chi connectivity index (χ0) is 34.6. The molecule has 4 aromatic heterocycles.